The number of carbonyl (C=O) groups excluding carboxylic acids is 1. The second-order valence-electron chi connectivity index (χ2n) is 4.33. The van der Waals surface area contributed by atoms with Crippen molar-refractivity contribution in [1.82, 2.24) is 0 Å². The molecule has 0 fully saturated rings. The summed E-state index contributed by atoms with van der Waals surface area (Å²) in [5, 5.41) is 0. The van der Waals surface area contributed by atoms with Gasteiger partial charge in [-0.2, -0.15) is 0 Å². The first-order valence-corrected chi connectivity index (χ1v) is 6.00. The molecule has 1 aliphatic rings. The van der Waals surface area contributed by atoms with E-state index in [1.807, 2.05) is 24.3 Å². The number of hydrogen-bond acceptors (Lipinski definition) is 2. The smallest absolute Gasteiger partial charge is 0.150 e. The predicted molar refractivity (Wildman–Crippen MR) is 72.2 cm³/mol. The zero-order valence-corrected chi connectivity index (χ0v) is 10.1. The lowest BCUT2D eigenvalue weighted by atomic mass is 10.1. The molecule has 0 N–H and O–H groups in total. The second-order valence-corrected chi connectivity index (χ2v) is 4.33. The Hall–Kier alpha value is -2.42. The van der Waals surface area contributed by atoms with Gasteiger partial charge in [-0.25, -0.2) is 4.39 Å². The van der Waals surface area contributed by atoms with Gasteiger partial charge >= 0.3 is 0 Å². The van der Waals surface area contributed by atoms with E-state index in [4.69, 9.17) is 4.42 Å². The van der Waals surface area contributed by atoms with Crippen LogP contribution in [0, 0.1) is 5.82 Å². The first-order valence-electron chi connectivity index (χ1n) is 6.00. The summed E-state index contributed by atoms with van der Waals surface area (Å²) >= 11 is 0. The number of aldehydes is 1. The molecule has 0 spiro atoms. The zero-order chi connectivity index (χ0) is 13.2. The minimum Gasteiger partial charge on any atom is -0.456 e. The molecule has 0 amide bonds. The summed E-state index contributed by atoms with van der Waals surface area (Å²) in [5.41, 5.74) is 1.61. The first kappa shape index (κ1) is 11.7. The van der Waals surface area contributed by atoms with Gasteiger partial charge in [-0.1, -0.05) is 24.3 Å². The van der Waals surface area contributed by atoms with Crippen molar-refractivity contribution in [1.29, 1.82) is 0 Å². The molecule has 1 heterocycles. The third-order valence-corrected chi connectivity index (χ3v) is 3.02. The predicted octanol–water partition coefficient (Wildman–Crippen LogP) is 4.33. The largest absolute Gasteiger partial charge is 0.456 e. The van der Waals surface area contributed by atoms with Crippen LogP contribution in [0.3, 0.4) is 0 Å². The molecule has 19 heavy (non-hydrogen) atoms. The summed E-state index contributed by atoms with van der Waals surface area (Å²) < 4.78 is 19.6. The van der Waals surface area contributed by atoms with E-state index >= 15 is 0 Å². The molecule has 1 aliphatic carbocycles. The highest BCUT2D eigenvalue weighted by molar-refractivity contribution is 5.77. The lowest BCUT2D eigenvalue weighted by molar-refractivity contribution is 0.112. The van der Waals surface area contributed by atoms with E-state index in [1.54, 1.807) is 18.2 Å². The van der Waals surface area contributed by atoms with E-state index in [2.05, 4.69) is 0 Å². The first-order chi connectivity index (χ1) is 9.28. The van der Waals surface area contributed by atoms with Crippen LogP contribution in [-0.2, 0) is 0 Å². The van der Waals surface area contributed by atoms with Gasteiger partial charge in [-0.3, -0.25) is 4.79 Å². The fraction of sp³-hybridized carbons (Fsp3) is 0.0625. The van der Waals surface area contributed by atoms with Crippen molar-refractivity contribution < 1.29 is 13.6 Å². The molecule has 0 atom stereocenters. The Bertz CT molecular complexity index is 663. The van der Waals surface area contributed by atoms with Crippen molar-refractivity contribution in [2.24, 2.45) is 0 Å². The molecule has 0 radical (unpaired) electrons. The van der Waals surface area contributed by atoms with Crippen LogP contribution in [0.2, 0.25) is 0 Å². The van der Waals surface area contributed by atoms with Crippen LogP contribution in [0.1, 0.15) is 28.1 Å². The van der Waals surface area contributed by atoms with Crippen LogP contribution < -0.4 is 0 Å². The fourth-order valence-electron chi connectivity index (χ4n) is 2.07. The standard InChI is InChI=1S/C16H11FO2/c17-14-8-11(10-18)6-7-13(14)16-9-12-4-2-1-3-5-15(12)19-16/h2-10H,1H2. The van der Waals surface area contributed by atoms with Gasteiger partial charge in [0.2, 0.25) is 0 Å². The van der Waals surface area contributed by atoms with E-state index in [0.29, 0.717) is 23.2 Å². The maximum atomic E-state index is 13.9. The molecule has 0 unspecified atom stereocenters. The Morgan fingerprint density at radius 1 is 1.16 bits per heavy atom. The second kappa shape index (κ2) is 4.69. The number of rotatable bonds is 2. The van der Waals surface area contributed by atoms with Gasteiger partial charge in [-0.15, -0.1) is 0 Å². The molecule has 0 bridgehead atoms. The molecule has 0 aliphatic heterocycles. The van der Waals surface area contributed by atoms with Gasteiger partial charge in [0.05, 0.1) is 5.56 Å². The highest BCUT2D eigenvalue weighted by Crippen LogP contribution is 2.30. The minimum absolute atomic E-state index is 0.314. The van der Waals surface area contributed by atoms with Crippen molar-refractivity contribution in [2.75, 3.05) is 0 Å². The van der Waals surface area contributed by atoms with Crippen LogP contribution in [0.25, 0.3) is 23.5 Å². The van der Waals surface area contributed by atoms with Gasteiger partial charge in [-0.05, 0) is 30.7 Å². The van der Waals surface area contributed by atoms with Crippen molar-refractivity contribution in [3.05, 3.63) is 59.1 Å². The topological polar surface area (TPSA) is 30.2 Å². The quantitative estimate of drug-likeness (QED) is 0.747. The van der Waals surface area contributed by atoms with Gasteiger partial charge in [0, 0.05) is 11.1 Å². The maximum absolute atomic E-state index is 13.9. The summed E-state index contributed by atoms with van der Waals surface area (Å²) in [6.45, 7) is 0. The molecule has 3 heteroatoms. The van der Waals surface area contributed by atoms with Crippen LogP contribution >= 0.6 is 0 Å². The Balaban J connectivity index is 2.08. The Labute approximate surface area is 109 Å². The van der Waals surface area contributed by atoms with Gasteiger partial charge in [0.1, 0.15) is 23.6 Å². The average molecular weight is 254 g/mol. The normalized spacial score (nSPS) is 13.1. The van der Waals surface area contributed by atoms with Crippen LogP contribution in [-0.4, -0.2) is 6.29 Å². The molecule has 94 valence electrons. The molecular formula is C16H11FO2. The van der Waals surface area contributed by atoms with Crippen LogP contribution in [0.4, 0.5) is 4.39 Å². The summed E-state index contributed by atoms with van der Waals surface area (Å²) in [5.74, 6) is 0.736. The Morgan fingerprint density at radius 2 is 2.00 bits per heavy atom. The summed E-state index contributed by atoms with van der Waals surface area (Å²) in [6.07, 6.45) is 9.34. The van der Waals surface area contributed by atoms with E-state index < -0.39 is 5.82 Å². The third-order valence-electron chi connectivity index (χ3n) is 3.02. The van der Waals surface area contributed by atoms with Crippen molar-refractivity contribution >= 4 is 18.4 Å². The van der Waals surface area contributed by atoms with Crippen LogP contribution in [0.5, 0.6) is 0 Å². The number of halogens is 1. The Morgan fingerprint density at radius 3 is 2.79 bits per heavy atom. The molecule has 0 saturated heterocycles. The highest BCUT2D eigenvalue weighted by atomic mass is 19.1. The molecule has 1 aromatic heterocycles. The average Bonchev–Trinajstić information content (AvgIpc) is 2.69. The molecular weight excluding hydrogens is 243 g/mol. The van der Waals surface area contributed by atoms with Crippen molar-refractivity contribution in [2.45, 2.75) is 6.42 Å². The van der Waals surface area contributed by atoms with E-state index in [1.165, 1.54) is 6.07 Å². The lowest BCUT2D eigenvalue weighted by Crippen LogP contribution is -1.86. The lowest BCUT2D eigenvalue weighted by Gasteiger charge is -1.99. The van der Waals surface area contributed by atoms with Gasteiger partial charge in [0.25, 0.3) is 0 Å². The number of furan rings is 1. The zero-order valence-electron chi connectivity index (χ0n) is 10.1. The third kappa shape index (κ3) is 2.15. The SMILES string of the molecule is O=Cc1ccc(-c2cc3c(o2)C=CCC=C3)c(F)c1. The molecule has 0 saturated carbocycles. The highest BCUT2D eigenvalue weighted by Gasteiger charge is 2.13. The fourth-order valence-corrected chi connectivity index (χ4v) is 2.07. The number of carbonyl (C=O) groups is 1. The van der Waals surface area contributed by atoms with Gasteiger partial charge < -0.3 is 4.42 Å². The van der Waals surface area contributed by atoms with Gasteiger partial charge in [0.15, 0.2) is 0 Å². The number of benzene rings is 1. The molecule has 2 aromatic rings. The number of hydrogen-bond donors (Lipinski definition) is 0. The molecule has 3 rings (SSSR count). The minimum atomic E-state index is -0.457. The van der Waals surface area contributed by atoms with Crippen LogP contribution in [0.15, 0.2) is 40.8 Å². The monoisotopic (exact) mass is 254 g/mol. The Kier molecular flexibility index (Phi) is 2.88. The molecule has 1 aromatic carbocycles. The number of allylic oxidation sites excluding steroid dienone is 2. The van der Waals surface area contributed by atoms with E-state index in [-0.39, 0.29) is 0 Å². The summed E-state index contributed by atoms with van der Waals surface area (Å²) in [4.78, 5) is 10.6. The summed E-state index contributed by atoms with van der Waals surface area (Å²) in [7, 11) is 0. The van der Waals surface area contributed by atoms with Crippen molar-refractivity contribution in [3.63, 3.8) is 0 Å². The van der Waals surface area contributed by atoms with E-state index in [0.717, 1.165) is 17.7 Å². The van der Waals surface area contributed by atoms with Crippen molar-refractivity contribution in [3.8, 4) is 11.3 Å². The number of fused-ring (bicyclic) bond motifs is 1. The van der Waals surface area contributed by atoms with E-state index in [9.17, 15) is 9.18 Å². The summed E-state index contributed by atoms with van der Waals surface area (Å²) in [6, 6.07) is 6.15. The maximum Gasteiger partial charge on any atom is 0.150 e. The molecule has 2 nitrogen and oxygen atoms in total.